The minimum atomic E-state index is -0.385. The zero-order valence-electron chi connectivity index (χ0n) is 7.86. The van der Waals surface area contributed by atoms with Gasteiger partial charge in [-0.2, -0.15) is 4.68 Å². The number of ether oxygens (including phenoxy) is 1. The fourth-order valence-electron chi connectivity index (χ4n) is 1.02. The van der Waals surface area contributed by atoms with Crippen molar-refractivity contribution in [3.05, 3.63) is 24.7 Å². The number of hydrogen-bond donors (Lipinski definition) is 0. The molecule has 2 rings (SSSR count). The van der Waals surface area contributed by atoms with Gasteiger partial charge in [0.1, 0.15) is 12.1 Å². The molecule has 0 unspecified atom stereocenters. The number of tetrazole rings is 1. The monoisotopic (exact) mass is 205 g/mol. The lowest BCUT2D eigenvalue weighted by molar-refractivity contribution is -0.131. The Balaban J connectivity index is 2.31. The number of esters is 1. The summed E-state index contributed by atoms with van der Waals surface area (Å²) in [5.41, 5.74) is 0. The quantitative estimate of drug-likeness (QED) is 0.641. The van der Waals surface area contributed by atoms with Gasteiger partial charge in [0.2, 0.25) is 0 Å². The van der Waals surface area contributed by atoms with E-state index in [9.17, 15) is 4.79 Å². The molecule has 0 aromatic carbocycles. The predicted octanol–water partition coefficient (Wildman–Crippen LogP) is -0.0174. The lowest BCUT2D eigenvalue weighted by Crippen LogP contribution is -2.03. The van der Waals surface area contributed by atoms with Crippen molar-refractivity contribution in [2.45, 2.75) is 6.92 Å². The van der Waals surface area contributed by atoms with E-state index in [1.807, 2.05) is 0 Å². The minimum Gasteiger partial charge on any atom is -0.427 e. The van der Waals surface area contributed by atoms with Gasteiger partial charge in [0.05, 0.1) is 0 Å². The molecule has 0 spiro atoms. The Kier molecular flexibility index (Phi) is 2.36. The molecule has 0 aliphatic rings. The van der Waals surface area contributed by atoms with Gasteiger partial charge in [-0.3, -0.25) is 4.79 Å². The molecule has 0 bridgehead atoms. The highest BCUT2D eigenvalue weighted by atomic mass is 16.5. The molecule has 0 saturated heterocycles. The molecule has 7 nitrogen and oxygen atoms in total. The normalized spacial score (nSPS) is 9.93. The number of hydrogen-bond acceptors (Lipinski definition) is 6. The topological polar surface area (TPSA) is 82.8 Å². The zero-order valence-corrected chi connectivity index (χ0v) is 7.86. The fraction of sp³-hybridized carbons (Fsp3) is 0.125. The molecule has 7 heteroatoms. The van der Waals surface area contributed by atoms with Crippen molar-refractivity contribution in [1.29, 1.82) is 0 Å². The molecule has 0 aliphatic heterocycles. The number of carbonyl (C=O) groups is 1. The number of pyridine rings is 1. The van der Waals surface area contributed by atoms with Crippen LogP contribution >= 0.6 is 0 Å². The van der Waals surface area contributed by atoms with Crippen LogP contribution in [0.3, 0.4) is 0 Å². The standard InChI is InChI=1S/C8H7N5O2/c1-6(14)15-7-2-3-9-8(4-7)13-5-10-11-12-13/h2-5H,1H3. The summed E-state index contributed by atoms with van der Waals surface area (Å²) in [6, 6.07) is 3.15. The summed E-state index contributed by atoms with van der Waals surface area (Å²) in [5, 5.41) is 10.6. The Hall–Kier alpha value is -2.31. The van der Waals surface area contributed by atoms with E-state index in [4.69, 9.17) is 4.74 Å². The van der Waals surface area contributed by atoms with Crippen LogP contribution in [0.25, 0.3) is 5.82 Å². The molecule has 2 aromatic rings. The minimum absolute atomic E-state index is 0.385. The van der Waals surface area contributed by atoms with Crippen LogP contribution in [0.1, 0.15) is 6.92 Å². The lowest BCUT2D eigenvalue weighted by Gasteiger charge is -2.02. The second-order valence-electron chi connectivity index (χ2n) is 2.70. The Morgan fingerprint density at radius 2 is 2.40 bits per heavy atom. The van der Waals surface area contributed by atoms with Crippen molar-refractivity contribution in [2.24, 2.45) is 0 Å². The lowest BCUT2D eigenvalue weighted by atomic mass is 10.4. The molecule has 2 aromatic heterocycles. The zero-order chi connectivity index (χ0) is 10.7. The van der Waals surface area contributed by atoms with Gasteiger partial charge in [0, 0.05) is 19.2 Å². The molecule has 0 saturated carbocycles. The molecule has 0 radical (unpaired) electrons. The Morgan fingerprint density at radius 3 is 3.07 bits per heavy atom. The van der Waals surface area contributed by atoms with Crippen molar-refractivity contribution in [1.82, 2.24) is 25.2 Å². The molecule has 15 heavy (non-hydrogen) atoms. The van der Waals surface area contributed by atoms with Gasteiger partial charge >= 0.3 is 5.97 Å². The van der Waals surface area contributed by atoms with E-state index in [0.29, 0.717) is 11.6 Å². The van der Waals surface area contributed by atoms with Crippen LogP contribution in [0, 0.1) is 0 Å². The maximum absolute atomic E-state index is 10.7. The third-order valence-corrected chi connectivity index (χ3v) is 1.56. The largest absolute Gasteiger partial charge is 0.427 e. The number of carbonyl (C=O) groups excluding carboxylic acids is 1. The van der Waals surface area contributed by atoms with E-state index >= 15 is 0 Å². The van der Waals surface area contributed by atoms with Crippen LogP contribution in [0.5, 0.6) is 5.75 Å². The van der Waals surface area contributed by atoms with Crippen molar-refractivity contribution < 1.29 is 9.53 Å². The number of nitrogens with zero attached hydrogens (tertiary/aromatic N) is 5. The van der Waals surface area contributed by atoms with Crippen LogP contribution < -0.4 is 4.74 Å². The number of aromatic nitrogens is 5. The second kappa shape index (κ2) is 3.82. The van der Waals surface area contributed by atoms with E-state index in [1.165, 1.54) is 24.1 Å². The van der Waals surface area contributed by atoms with E-state index in [1.54, 1.807) is 12.1 Å². The molecule has 0 N–H and O–H groups in total. The molecule has 0 fully saturated rings. The van der Waals surface area contributed by atoms with Gasteiger partial charge in [0.25, 0.3) is 0 Å². The third-order valence-electron chi connectivity index (χ3n) is 1.56. The highest BCUT2D eigenvalue weighted by Crippen LogP contribution is 2.12. The van der Waals surface area contributed by atoms with Crippen molar-refractivity contribution >= 4 is 5.97 Å². The van der Waals surface area contributed by atoms with Gasteiger partial charge in [-0.1, -0.05) is 0 Å². The first-order valence-electron chi connectivity index (χ1n) is 4.13. The Labute approximate surface area is 84.7 Å². The van der Waals surface area contributed by atoms with Crippen molar-refractivity contribution in [3.8, 4) is 11.6 Å². The van der Waals surface area contributed by atoms with Gasteiger partial charge in [-0.25, -0.2) is 4.98 Å². The first kappa shape index (κ1) is 9.25. The van der Waals surface area contributed by atoms with Crippen molar-refractivity contribution in [2.75, 3.05) is 0 Å². The van der Waals surface area contributed by atoms with E-state index in [0.717, 1.165) is 0 Å². The highest BCUT2D eigenvalue weighted by molar-refractivity contribution is 5.69. The molecule has 0 atom stereocenters. The van der Waals surface area contributed by atoms with Crippen LogP contribution in [0.15, 0.2) is 24.7 Å². The van der Waals surface area contributed by atoms with Crippen LogP contribution in [0.4, 0.5) is 0 Å². The maximum atomic E-state index is 10.7. The third kappa shape index (κ3) is 2.13. The SMILES string of the molecule is CC(=O)Oc1ccnc(-n2cnnn2)c1. The van der Waals surface area contributed by atoms with Gasteiger partial charge in [-0.05, 0) is 16.5 Å². The summed E-state index contributed by atoms with van der Waals surface area (Å²) in [5.74, 6) is 0.505. The summed E-state index contributed by atoms with van der Waals surface area (Å²) < 4.78 is 6.26. The average molecular weight is 205 g/mol. The van der Waals surface area contributed by atoms with Gasteiger partial charge < -0.3 is 4.74 Å². The predicted molar refractivity (Wildman–Crippen MR) is 48.3 cm³/mol. The smallest absolute Gasteiger partial charge is 0.308 e. The summed E-state index contributed by atoms with van der Waals surface area (Å²) >= 11 is 0. The maximum Gasteiger partial charge on any atom is 0.308 e. The Bertz CT molecular complexity index is 468. The Morgan fingerprint density at radius 1 is 1.53 bits per heavy atom. The molecule has 0 aliphatic carbocycles. The first-order chi connectivity index (χ1) is 7.25. The molecule has 76 valence electrons. The van der Waals surface area contributed by atoms with E-state index < -0.39 is 0 Å². The fourth-order valence-corrected chi connectivity index (χ4v) is 1.02. The summed E-state index contributed by atoms with van der Waals surface area (Å²) in [7, 11) is 0. The highest BCUT2D eigenvalue weighted by Gasteiger charge is 2.03. The molecular formula is C8H7N5O2. The number of rotatable bonds is 2. The van der Waals surface area contributed by atoms with Crippen LogP contribution in [-0.4, -0.2) is 31.2 Å². The van der Waals surface area contributed by atoms with Gasteiger partial charge in [0.15, 0.2) is 5.82 Å². The van der Waals surface area contributed by atoms with E-state index in [-0.39, 0.29) is 5.97 Å². The van der Waals surface area contributed by atoms with E-state index in [2.05, 4.69) is 20.5 Å². The summed E-state index contributed by atoms with van der Waals surface area (Å²) in [6.45, 7) is 1.33. The molecule has 0 amide bonds. The van der Waals surface area contributed by atoms with Crippen molar-refractivity contribution in [3.63, 3.8) is 0 Å². The molecule has 2 heterocycles. The van der Waals surface area contributed by atoms with Crippen LogP contribution in [-0.2, 0) is 4.79 Å². The summed E-state index contributed by atoms with van der Waals surface area (Å²) in [4.78, 5) is 14.7. The summed E-state index contributed by atoms with van der Waals surface area (Å²) in [6.07, 6.45) is 2.91. The molecular weight excluding hydrogens is 198 g/mol. The second-order valence-corrected chi connectivity index (χ2v) is 2.70. The van der Waals surface area contributed by atoms with Crippen LogP contribution in [0.2, 0.25) is 0 Å². The average Bonchev–Trinajstić information content (AvgIpc) is 2.69. The first-order valence-corrected chi connectivity index (χ1v) is 4.13. The van der Waals surface area contributed by atoms with Gasteiger partial charge in [-0.15, -0.1) is 5.10 Å².